The largest absolute Gasteiger partial charge is 0.494 e. The van der Waals surface area contributed by atoms with E-state index in [-0.39, 0.29) is 51.1 Å². The molecule has 10 nitrogen and oxygen atoms in total. The number of rotatable bonds is 6. The zero-order valence-electron chi connectivity index (χ0n) is 23.7. The molecule has 3 atom stereocenters. The number of amides is 3. The lowest BCUT2D eigenvalue weighted by atomic mass is 10.1. The maximum absolute atomic E-state index is 14.6. The van der Waals surface area contributed by atoms with Crippen LogP contribution in [-0.4, -0.2) is 82.9 Å². The minimum absolute atomic E-state index is 0.0490. The monoisotopic (exact) mass is 612 g/mol. The van der Waals surface area contributed by atoms with Crippen LogP contribution in [0.25, 0.3) is 11.3 Å². The van der Waals surface area contributed by atoms with Gasteiger partial charge in [0.2, 0.25) is 11.7 Å². The van der Waals surface area contributed by atoms with Gasteiger partial charge >= 0.3 is 0 Å². The second kappa shape index (κ2) is 11.6. The Bertz CT molecular complexity index is 1600. The number of anilines is 1. The lowest BCUT2D eigenvalue weighted by molar-refractivity contribution is -0.134. The van der Waals surface area contributed by atoms with Gasteiger partial charge in [0.1, 0.15) is 0 Å². The minimum atomic E-state index is -1.14. The zero-order valence-corrected chi connectivity index (χ0v) is 24.5. The summed E-state index contributed by atoms with van der Waals surface area (Å²) >= 11 is 6.47. The van der Waals surface area contributed by atoms with E-state index in [9.17, 15) is 23.2 Å². The summed E-state index contributed by atoms with van der Waals surface area (Å²) in [5.74, 6) is -3.04. The molecule has 3 aliphatic heterocycles. The summed E-state index contributed by atoms with van der Waals surface area (Å²) in [6.07, 6.45) is 2.97. The normalized spacial score (nSPS) is 21.3. The maximum Gasteiger partial charge on any atom is 0.291 e. The molecule has 3 amide bonds. The van der Waals surface area contributed by atoms with Crippen LogP contribution in [0.2, 0.25) is 5.02 Å². The number of ether oxygens (including phenoxy) is 1. The van der Waals surface area contributed by atoms with Gasteiger partial charge in [-0.25, -0.2) is 9.37 Å². The van der Waals surface area contributed by atoms with E-state index in [2.05, 4.69) is 15.6 Å². The van der Waals surface area contributed by atoms with Crippen LogP contribution in [0.5, 0.6) is 5.75 Å². The maximum atomic E-state index is 14.6. The second-order valence-electron chi connectivity index (χ2n) is 11.2. The number of hydrogen-bond donors (Lipinski definition) is 2. The van der Waals surface area contributed by atoms with Crippen molar-refractivity contribution in [1.29, 1.82) is 0 Å². The van der Waals surface area contributed by atoms with Crippen molar-refractivity contribution in [1.82, 2.24) is 24.7 Å². The quantitative estimate of drug-likeness (QED) is 0.441. The van der Waals surface area contributed by atoms with Gasteiger partial charge in [-0.15, -0.1) is 0 Å². The van der Waals surface area contributed by atoms with Gasteiger partial charge in [-0.05, 0) is 55.6 Å². The summed E-state index contributed by atoms with van der Waals surface area (Å²) in [5.41, 5.74) is 0.698. The van der Waals surface area contributed by atoms with Crippen molar-refractivity contribution in [3.05, 3.63) is 64.6 Å². The predicted octanol–water partition coefficient (Wildman–Crippen LogP) is 3.56. The first-order valence-corrected chi connectivity index (χ1v) is 14.5. The molecule has 0 radical (unpaired) electrons. The van der Waals surface area contributed by atoms with Gasteiger partial charge in [0.25, 0.3) is 11.8 Å². The number of halogens is 3. The Morgan fingerprint density at radius 1 is 1.07 bits per heavy atom. The van der Waals surface area contributed by atoms with E-state index in [0.29, 0.717) is 37.2 Å². The molecule has 0 bridgehead atoms. The van der Waals surface area contributed by atoms with E-state index in [1.807, 2.05) is 4.90 Å². The number of likely N-dealkylation sites (tertiary alicyclic amines) is 2. The molecular weight excluding hydrogens is 582 g/mol. The smallest absolute Gasteiger partial charge is 0.291 e. The Labute approximate surface area is 251 Å². The molecule has 3 aliphatic rings. The number of benzene rings is 2. The molecule has 3 saturated heterocycles. The van der Waals surface area contributed by atoms with E-state index in [0.717, 1.165) is 26.1 Å². The second-order valence-corrected chi connectivity index (χ2v) is 11.6. The van der Waals surface area contributed by atoms with Gasteiger partial charge < -0.3 is 29.7 Å². The molecule has 226 valence electrons. The van der Waals surface area contributed by atoms with E-state index >= 15 is 0 Å². The number of carbonyl (C=O) groups excluding carboxylic acids is 3. The van der Waals surface area contributed by atoms with Crippen molar-refractivity contribution in [2.75, 3.05) is 45.2 Å². The third-order valence-electron chi connectivity index (χ3n) is 8.69. The SMILES string of the molecule is COc1ccc(-c2cnc(C(=O)Nc3ccc(C(=O)N4CCC(C(=O)N5CC6CCNC6C5)C4)c(Cl)c3)n2C)c(F)c1F. The Morgan fingerprint density at radius 3 is 2.63 bits per heavy atom. The highest BCUT2D eigenvalue weighted by Crippen LogP contribution is 2.32. The summed E-state index contributed by atoms with van der Waals surface area (Å²) in [5, 5.41) is 6.28. The summed E-state index contributed by atoms with van der Waals surface area (Å²) in [4.78, 5) is 47.1. The van der Waals surface area contributed by atoms with Gasteiger partial charge in [0.15, 0.2) is 17.4 Å². The molecule has 4 heterocycles. The highest BCUT2D eigenvalue weighted by molar-refractivity contribution is 6.34. The Morgan fingerprint density at radius 2 is 1.88 bits per heavy atom. The number of nitrogens with zero attached hydrogens (tertiary/aromatic N) is 4. The van der Waals surface area contributed by atoms with Crippen LogP contribution in [0.4, 0.5) is 14.5 Å². The van der Waals surface area contributed by atoms with Crippen molar-refractivity contribution >= 4 is 35.0 Å². The van der Waals surface area contributed by atoms with Crippen LogP contribution in [0.1, 0.15) is 33.8 Å². The summed E-state index contributed by atoms with van der Waals surface area (Å²) in [7, 11) is 2.74. The molecule has 13 heteroatoms. The molecule has 0 saturated carbocycles. The fourth-order valence-electron chi connectivity index (χ4n) is 6.32. The molecule has 43 heavy (non-hydrogen) atoms. The first kappa shape index (κ1) is 29.1. The average molecular weight is 613 g/mol. The molecule has 6 rings (SSSR count). The molecule has 2 aromatic carbocycles. The highest BCUT2D eigenvalue weighted by atomic mass is 35.5. The highest BCUT2D eigenvalue weighted by Gasteiger charge is 2.41. The van der Waals surface area contributed by atoms with Crippen LogP contribution in [-0.2, 0) is 11.8 Å². The van der Waals surface area contributed by atoms with Crippen molar-refractivity contribution in [2.24, 2.45) is 18.9 Å². The molecule has 0 aliphatic carbocycles. The number of fused-ring (bicyclic) bond motifs is 1. The van der Waals surface area contributed by atoms with Crippen LogP contribution >= 0.6 is 11.6 Å². The van der Waals surface area contributed by atoms with Gasteiger partial charge in [-0.2, -0.15) is 4.39 Å². The standard InChI is InChI=1S/C30H31ClF2N6O4/c1-37-23(20-5-6-24(43-2)26(33)25(20)32)12-35-27(37)28(40)36-18-3-4-19(21(31)11-18)30(42)38-10-8-17(14-38)29(41)39-13-16-7-9-34-22(16)15-39/h3-6,11-12,16-17,22,34H,7-10,13-15H2,1-2H3,(H,36,40). The fraction of sp³-hybridized carbons (Fsp3) is 0.400. The third-order valence-corrected chi connectivity index (χ3v) is 9.00. The fourth-order valence-corrected chi connectivity index (χ4v) is 6.58. The number of hydrogen-bond acceptors (Lipinski definition) is 6. The van der Waals surface area contributed by atoms with Gasteiger partial charge in [-0.1, -0.05) is 11.6 Å². The van der Waals surface area contributed by atoms with E-state index in [1.54, 1.807) is 11.0 Å². The number of carbonyl (C=O) groups is 3. The lowest BCUT2D eigenvalue weighted by Gasteiger charge is -2.22. The van der Waals surface area contributed by atoms with Crippen LogP contribution in [0.3, 0.4) is 0 Å². The summed E-state index contributed by atoms with van der Waals surface area (Å²) < 4.78 is 35.0. The number of aromatic nitrogens is 2. The number of imidazole rings is 1. The minimum Gasteiger partial charge on any atom is -0.494 e. The molecule has 3 aromatic rings. The van der Waals surface area contributed by atoms with Crippen LogP contribution in [0.15, 0.2) is 36.5 Å². The van der Waals surface area contributed by atoms with Gasteiger partial charge in [0, 0.05) is 50.5 Å². The van der Waals surface area contributed by atoms with Crippen molar-refractivity contribution in [3.63, 3.8) is 0 Å². The van der Waals surface area contributed by atoms with Crippen molar-refractivity contribution in [3.8, 4) is 17.0 Å². The number of nitrogens with one attached hydrogen (secondary N) is 2. The third kappa shape index (κ3) is 5.33. The molecular formula is C30H31ClF2N6O4. The van der Waals surface area contributed by atoms with Gasteiger partial charge in [0.05, 0.1) is 35.5 Å². The molecule has 3 unspecified atom stereocenters. The molecule has 1 aromatic heterocycles. The first-order valence-electron chi connectivity index (χ1n) is 14.1. The zero-order chi connectivity index (χ0) is 30.4. The predicted molar refractivity (Wildman–Crippen MR) is 155 cm³/mol. The summed E-state index contributed by atoms with van der Waals surface area (Å²) in [6.45, 7) is 3.30. The van der Waals surface area contributed by atoms with Crippen LogP contribution < -0.4 is 15.4 Å². The first-order chi connectivity index (χ1) is 20.7. The van der Waals surface area contributed by atoms with E-state index in [4.69, 9.17) is 16.3 Å². The molecule has 0 spiro atoms. The Kier molecular flexibility index (Phi) is 7.82. The molecule has 2 N–H and O–H groups in total. The van der Waals surface area contributed by atoms with E-state index in [1.165, 1.54) is 49.2 Å². The van der Waals surface area contributed by atoms with Crippen molar-refractivity contribution < 1.29 is 27.9 Å². The van der Waals surface area contributed by atoms with Crippen molar-refractivity contribution in [2.45, 2.75) is 18.9 Å². The lowest BCUT2D eigenvalue weighted by Crippen LogP contribution is -2.39. The van der Waals surface area contributed by atoms with Gasteiger partial charge in [-0.3, -0.25) is 14.4 Å². The summed E-state index contributed by atoms with van der Waals surface area (Å²) in [6, 6.07) is 7.56. The Hall–Kier alpha value is -4.03. The topological polar surface area (TPSA) is 109 Å². The van der Waals surface area contributed by atoms with Crippen LogP contribution in [0, 0.1) is 23.5 Å². The number of methoxy groups -OCH3 is 1. The Balaban J connectivity index is 1.10. The molecule has 3 fully saturated rings. The van der Waals surface area contributed by atoms with E-state index < -0.39 is 17.5 Å². The average Bonchev–Trinajstić information content (AvgIpc) is 3.78.